The number of aliphatic hydroxyl groups excluding tert-OH is 2. The molecule has 2 N–H and O–H groups in total. The topological polar surface area (TPSA) is 43.7 Å². The number of hydrogen-bond acceptors (Lipinski definition) is 3. The molecule has 0 spiro atoms. The first-order chi connectivity index (χ1) is 8.20. The zero-order chi connectivity index (χ0) is 12.3. The Kier molecular flexibility index (Phi) is 3.97. The summed E-state index contributed by atoms with van der Waals surface area (Å²) in [6.07, 6.45) is 7.05. The van der Waals surface area contributed by atoms with Crippen LogP contribution in [0.4, 0.5) is 4.39 Å². The molecule has 17 heavy (non-hydrogen) atoms. The van der Waals surface area contributed by atoms with Gasteiger partial charge in [0.25, 0.3) is 0 Å². The highest BCUT2D eigenvalue weighted by molar-refractivity contribution is 5.38. The monoisotopic (exact) mass is 239 g/mol. The molecule has 0 aromatic carbocycles. The van der Waals surface area contributed by atoms with Crippen LogP contribution >= 0.6 is 0 Å². The van der Waals surface area contributed by atoms with Crippen LogP contribution in [-0.4, -0.2) is 34.4 Å². The SMILES string of the molecule is OC1=C(C(O)N2CCCCC2)C(F)=CCC=C1. The summed E-state index contributed by atoms with van der Waals surface area (Å²) >= 11 is 0. The zero-order valence-electron chi connectivity index (χ0n) is 9.77. The average molecular weight is 239 g/mol. The lowest BCUT2D eigenvalue weighted by molar-refractivity contribution is 0.0171. The molecule has 1 unspecified atom stereocenters. The van der Waals surface area contributed by atoms with Crippen LogP contribution in [0, 0.1) is 0 Å². The molecule has 0 saturated carbocycles. The minimum absolute atomic E-state index is 0.000602. The zero-order valence-corrected chi connectivity index (χ0v) is 9.77. The van der Waals surface area contributed by atoms with E-state index in [9.17, 15) is 14.6 Å². The van der Waals surface area contributed by atoms with Crippen LogP contribution in [-0.2, 0) is 0 Å². The molecule has 1 fully saturated rings. The van der Waals surface area contributed by atoms with E-state index < -0.39 is 12.1 Å². The van der Waals surface area contributed by atoms with Gasteiger partial charge in [-0.1, -0.05) is 12.5 Å². The summed E-state index contributed by atoms with van der Waals surface area (Å²) in [5.41, 5.74) is 0.000602. The van der Waals surface area contributed by atoms with Crippen molar-refractivity contribution in [1.82, 2.24) is 4.90 Å². The number of hydrogen-bond donors (Lipinski definition) is 2. The summed E-state index contributed by atoms with van der Waals surface area (Å²) in [6, 6.07) is 0. The van der Waals surface area contributed by atoms with E-state index in [4.69, 9.17) is 0 Å². The highest BCUT2D eigenvalue weighted by atomic mass is 19.1. The quantitative estimate of drug-likeness (QED) is 0.777. The van der Waals surface area contributed by atoms with Crippen LogP contribution in [0.25, 0.3) is 0 Å². The van der Waals surface area contributed by atoms with Crippen molar-refractivity contribution < 1.29 is 14.6 Å². The second-order valence-electron chi connectivity index (χ2n) is 4.46. The fourth-order valence-electron chi connectivity index (χ4n) is 2.27. The maximum atomic E-state index is 13.8. The van der Waals surface area contributed by atoms with Crippen LogP contribution in [0.5, 0.6) is 0 Å². The van der Waals surface area contributed by atoms with Crippen molar-refractivity contribution in [1.29, 1.82) is 0 Å². The van der Waals surface area contributed by atoms with Gasteiger partial charge in [-0.25, -0.2) is 4.39 Å². The first-order valence-electron chi connectivity index (χ1n) is 6.08. The maximum Gasteiger partial charge on any atom is 0.140 e. The van der Waals surface area contributed by atoms with Gasteiger partial charge in [-0.2, -0.15) is 0 Å². The van der Waals surface area contributed by atoms with Gasteiger partial charge in [0.05, 0.1) is 5.57 Å². The molecule has 1 aliphatic heterocycles. The van der Waals surface area contributed by atoms with E-state index in [1.54, 1.807) is 6.08 Å². The van der Waals surface area contributed by atoms with Gasteiger partial charge in [0.2, 0.25) is 0 Å². The van der Waals surface area contributed by atoms with Gasteiger partial charge in [-0.05, 0) is 31.4 Å². The lowest BCUT2D eigenvalue weighted by Gasteiger charge is -2.32. The van der Waals surface area contributed by atoms with Gasteiger partial charge in [-0.3, -0.25) is 4.90 Å². The highest BCUT2D eigenvalue weighted by Crippen LogP contribution is 2.26. The molecule has 0 aromatic heterocycles. The van der Waals surface area contributed by atoms with Crippen LogP contribution in [0.3, 0.4) is 0 Å². The molecule has 0 bridgehead atoms. The first kappa shape index (κ1) is 12.3. The summed E-state index contributed by atoms with van der Waals surface area (Å²) in [5.74, 6) is -0.695. The van der Waals surface area contributed by atoms with Gasteiger partial charge in [0.15, 0.2) is 0 Å². The maximum absolute atomic E-state index is 13.8. The molecule has 2 aliphatic rings. The van der Waals surface area contributed by atoms with Crippen molar-refractivity contribution in [2.45, 2.75) is 31.9 Å². The molecule has 1 atom stereocenters. The predicted molar refractivity (Wildman–Crippen MR) is 64.0 cm³/mol. The second kappa shape index (κ2) is 5.47. The van der Waals surface area contributed by atoms with Gasteiger partial charge >= 0.3 is 0 Å². The molecule has 2 rings (SSSR count). The smallest absolute Gasteiger partial charge is 0.140 e. The number of piperidine rings is 1. The highest BCUT2D eigenvalue weighted by Gasteiger charge is 2.27. The largest absolute Gasteiger partial charge is 0.507 e. The van der Waals surface area contributed by atoms with E-state index in [0.717, 1.165) is 32.4 Å². The molecule has 94 valence electrons. The third-order valence-electron chi connectivity index (χ3n) is 3.24. The third kappa shape index (κ3) is 2.76. The number of likely N-dealkylation sites (tertiary alicyclic amines) is 1. The minimum Gasteiger partial charge on any atom is -0.507 e. The molecule has 3 nitrogen and oxygen atoms in total. The Morgan fingerprint density at radius 3 is 2.65 bits per heavy atom. The lowest BCUT2D eigenvalue weighted by atomic mass is 10.1. The standard InChI is InChI=1S/C13H18FNO2/c14-10-6-2-3-7-11(16)12(10)13(17)15-8-4-1-5-9-15/h3,6-7,13,16-17H,1-2,4-5,8-9H2. The van der Waals surface area contributed by atoms with Crippen molar-refractivity contribution in [2.24, 2.45) is 0 Å². The molecule has 0 amide bonds. The number of rotatable bonds is 2. The van der Waals surface area contributed by atoms with Crippen molar-refractivity contribution in [2.75, 3.05) is 13.1 Å². The summed E-state index contributed by atoms with van der Waals surface area (Å²) < 4.78 is 13.8. The summed E-state index contributed by atoms with van der Waals surface area (Å²) in [7, 11) is 0. The van der Waals surface area contributed by atoms with Gasteiger partial charge < -0.3 is 10.2 Å². The normalized spacial score (nSPS) is 24.5. The molecule has 1 aliphatic carbocycles. The van der Waals surface area contributed by atoms with Crippen LogP contribution in [0.15, 0.2) is 35.4 Å². The Balaban J connectivity index is 2.21. The van der Waals surface area contributed by atoms with Crippen LogP contribution in [0.2, 0.25) is 0 Å². The van der Waals surface area contributed by atoms with Crippen molar-refractivity contribution in [3.8, 4) is 0 Å². The predicted octanol–water partition coefficient (Wildman–Crippen LogP) is 2.42. The molecule has 4 heteroatoms. The fraction of sp³-hybridized carbons (Fsp3) is 0.538. The molecular weight excluding hydrogens is 221 g/mol. The van der Waals surface area contributed by atoms with Crippen LogP contribution in [0.1, 0.15) is 25.7 Å². The fourth-order valence-corrected chi connectivity index (χ4v) is 2.27. The number of allylic oxidation sites excluding steroid dienone is 3. The average Bonchev–Trinajstić information content (AvgIpc) is 2.51. The Morgan fingerprint density at radius 1 is 1.24 bits per heavy atom. The van der Waals surface area contributed by atoms with Crippen molar-refractivity contribution >= 4 is 0 Å². The molecule has 0 aromatic rings. The summed E-state index contributed by atoms with van der Waals surface area (Å²) in [4.78, 5) is 1.81. The van der Waals surface area contributed by atoms with E-state index in [-0.39, 0.29) is 11.3 Å². The number of halogens is 1. The van der Waals surface area contributed by atoms with E-state index in [0.29, 0.717) is 6.42 Å². The van der Waals surface area contributed by atoms with E-state index in [1.165, 1.54) is 12.2 Å². The Bertz CT molecular complexity index is 368. The van der Waals surface area contributed by atoms with Crippen LogP contribution < -0.4 is 0 Å². The van der Waals surface area contributed by atoms with Crippen molar-refractivity contribution in [3.05, 3.63) is 35.4 Å². The number of nitrogens with zero attached hydrogens (tertiary/aromatic N) is 1. The van der Waals surface area contributed by atoms with Crippen molar-refractivity contribution in [3.63, 3.8) is 0 Å². The first-order valence-corrected chi connectivity index (χ1v) is 6.08. The lowest BCUT2D eigenvalue weighted by Crippen LogP contribution is -2.40. The van der Waals surface area contributed by atoms with E-state index >= 15 is 0 Å². The summed E-state index contributed by atoms with van der Waals surface area (Å²) in [6.45, 7) is 1.49. The van der Waals surface area contributed by atoms with Gasteiger partial charge in [0, 0.05) is 13.1 Å². The van der Waals surface area contributed by atoms with E-state index in [1.807, 2.05) is 4.90 Å². The Labute approximate surface area is 101 Å². The summed E-state index contributed by atoms with van der Waals surface area (Å²) in [5, 5.41) is 19.9. The molecule has 0 radical (unpaired) electrons. The Morgan fingerprint density at radius 2 is 1.94 bits per heavy atom. The molecule has 1 saturated heterocycles. The minimum atomic E-state index is -1.05. The van der Waals surface area contributed by atoms with Gasteiger partial charge in [-0.15, -0.1) is 0 Å². The Hall–Kier alpha value is -1.13. The second-order valence-corrected chi connectivity index (χ2v) is 4.46. The van der Waals surface area contributed by atoms with E-state index in [2.05, 4.69) is 0 Å². The molecular formula is C13H18FNO2. The third-order valence-corrected chi connectivity index (χ3v) is 3.24. The van der Waals surface area contributed by atoms with Gasteiger partial charge in [0.1, 0.15) is 17.8 Å². The number of aliphatic hydroxyl groups is 2. The molecule has 1 heterocycles.